The fourth-order valence-electron chi connectivity index (χ4n) is 6.26. The summed E-state index contributed by atoms with van der Waals surface area (Å²) in [5, 5.41) is 48.2. The largest absolute Gasteiger partial charge is 1.00 e. The van der Waals surface area contributed by atoms with E-state index in [-0.39, 0.29) is 134 Å². The van der Waals surface area contributed by atoms with Crippen molar-refractivity contribution in [1.29, 1.82) is 0 Å². The van der Waals surface area contributed by atoms with Crippen molar-refractivity contribution in [1.82, 2.24) is 0 Å². The number of rotatable bonds is 11. The minimum absolute atomic E-state index is 0. The summed E-state index contributed by atoms with van der Waals surface area (Å²) in [7, 11) is -13.3. The zero-order valence-corrected chi connectivity index (χ0v) is 42.4. The number of hydrogen-bond donors (Lipinski definition) is 4. The number of benzene rings is 7. The predicted molar refractivity (Wildman–Crippen MR) is 216 cm³/mol. The molecule has 0 atom stereocenters. The molecule has 64 heavy (non-hydrogen) atoms. The van der Waals surface area contributed by atoms with E-state index in [0.717, 1.165) is 24.3 Å². The Hall–Kier alpha value is -4.08. The molecule has 0 saturated heterocycles. The molecule has 0 aromatic heterocycles. The number of fused-ring (bicyclic) bond motifs is 3. The van der Waals surface area contributed by atoms with Gasteiger partial charge in [0.05, 0.1) is 35.6 Å². The quantitative estimate of drug-likeness (QED) is 0.0624. The summed E-state index contributed by atoms with van der Waals surface area (Å²) >= 11 is 0. The standard InChI is InChI=1S/C39H30N6O13S3.3Na/c1-58-32-5-3-2-4-23(32)20-40-44-35-33(60(52,53)54)18-24-15-26(9-12-30(24)37(35)46)41-39(48)42-27-10-13-31-25(16-27)19-34(61(55,56)57)36(38(31)47)45-43-28-8-6-22-17-29(59(49,50)51)11-7-21(22)14-28;;;/h2-19,46-47H,20H2,1H3,(H2,41,42,48)(H,49,50,51)(H,52,53,54)(H,55,56,57);;;/q;3*+1/p-3. The molecule has 0 spiro atoms. The van der Waals surface area contributed by atoms with E-state index < -0.39 is 73.9 Å². The Balaban J connectivity index is 0.00000299. The van der Waals surface area contributed by atoms with Crippen LogP contribution in [0.3, 0.4) is 0 Å². The van der Waals surface area contributed by atoms with Crippen LogP contribution in [0.15, 0.2) is 144 Å². The average molecular weight is 953 g/mol. The monoisotopic (exact) mass is 952 g/mol. The van der Waals surface area contributed by atoms with Crippen LogP contribution in [-0.4, -0.2) is 52.1 Å². The van der Waals surface area contributed by atoms with E-state index >= 15 is 0 Å². The van der Waals surface area contributed by atoms with E-state index in [1.165, 1.54) is 67.8 Å². The summed E-state index contributed by atoms with van der Waals surface area (Å²) < 4.78 is 109. The van der Waals surface area contributed by atoms with Crippen LogP contribution < -0.4 is 114 Å². The number of carbonyl (C=O) groups is 1. The van der Waals surface area contributed by atoms with Crippen molar-refractivity contribution in [3.8, 4) is 17.2 Å². The van der Waals surface area contributed by atoms with Gasteiger partial charge in [0.15, 0.2) is 0 Å². The predicted octanol–water partition coefficient (Wildman–Crippen LogP) is -1.95. The fraction of sp³-hybridized carbons (Fsp3) is 0.0513. The molecule has 0 fully saturated rings. The van der Waals surface area contributed by atoms with Crippen molar-refractivity contribution in [3.63, 3.8) is 0 Å². The molecular weight excluding hydrogens is 926 g/mol. The third kappa shape index (κ3) is 11.8. The van der Waals surface area contributed by atoms with E-state index in [9.17, 15) is 53.9 Å². The molecular formula is C39H27N6Na3O13S3. The molecule has 4 N–H and O–H groups in total. The first-order chi connectivity index (χ1) is 28.8. The maximum Gasteiger partial charge on any atom is 1.00 e. The molecule has 312 valence electrons. The van der Waals surface area contributed by atoms with Crippen LogP contribution >= 0.6 is 0 Å². The van der Waals surface area contributed by atoms with Gasteiger partial charge in [-0.05, 0) is 99.0 Å². The number of urea groups is 1. The number of ether oxygens (including phenoxy) is 1. The first kappa shape index (κ1) is 52.5. The molecule has 0 unspecified atom stereocenters. The van der Waals surface area contributed by atoms with Gasteiger partial charge in [0.25, 0.3) is 20.2 Å². The molecule has 0 aliphatic rings. The van der Waals surface area contributed by atoms with Gasteiger partial charge < -0.3 is 30.1 Å². The van der Waals surface area contributed by atoms with Crippen molar-refractivity contribution in [3.05, 3.63) is 115 Å². The normalized spacial score (nSPS) is 11.9. The van der Waals surface area contributed by atoms with Crippen LogP contribution in [0.4, 0.5) is 33.2 Å². The van der Waals surface area contributed by atoms with Gasteiger partial charge in [-0.3, -0.25) is 9.11 Å². The van der Waals surface area contributed by atoms with E-state index in [0.29, 0.717) is 22.1 Å². The number of methoxy groups -OCH3 is 1. The van der Waals surface area contributed by atoms with Gasteiger partial charge in [0.1, 0.15) is 25.7 Å². The second-order valence-corrected chi connectivity index (χ2v) is 17.2. The van der Waals surface area contributed by atoms with Crippen LogP contribution in [0.2, 0.25) is 0 Å². The maximum absolute atomic E-state index is 13.5. The summed E-state index contributed by atoms with van der Waals surface area (Å²) in [6, 6.07) is 23.6. The second-order valence-electron chi connectivity index (χ2n) is 13.1. The smallest absolute Gasteiger partial charge is 0.871 e. The maximum atomic E-state index is 13.5. The number of hydrogen-bond acceptors (Lipinski definition) is 15. The van der Waals surface area contributed by atoms with Gasteiger partial charge in [0, 0.05) is 16.9 Å². The first-order valence-corrected chi connectivity index (χ1v) is 21.6. The summed E-state index contributed by atoms with van der Waals surface area (Å²) in [6.45, 7) is -0.0742. The molecule has 0 aliphatic heterocycles. The number of azo groups is 2. The van der Waals surface area contributed by atoms with Crippen LogP contribution in [-0.2, 0) is 36.9 Å². The summed E-state index contributed by atoms with van der Waals surface area (Å²) in [5.41, 5.74) is -0.501. The molecule has 0 aliphatic carbocycles. The Labute approximate surface area is 431 Å². The van der Waals surface area contributed by atoms with Crippen LogP contribution in [0.5, 0.6) is 17.2 Å². The number of anilines is 2. The van der Waals surface area contributed by atoms with Crippen LogP contribution in [0.1, 0.15) is 5.56 Å². The van der Waals surface area contributed by atoms with E-state index in [2.05, 4.69) is 31.1 Å². The van der Waals surface area contributed by atoms with Gasteiger partial charge in [-0.2, -0.15) is 32.2 Å². The third-order valence-electron chi connectivity index (χ3n) is 9.09. The Morgan fingerprint density at radius 2 is 1.14 bits per heavy atom. The Kier molecular flexibility index (Phi) is 17.3. The zero-order chi connectivity index (χ0) is 43.9. The summed E-state index contributed by atoms with van der Waals surface area (Å²) in [4.78, 5) is 10.9. The summed E-state index contributed by atoms with van der Waals surface area (Å²) in [5.74, 6) is -1.31. The molecule has 7 aromatic carbocycles. The van der Waals surface area contributed by atoms with Gasteiger partial charge in [-0.25, -0.2) is 13.2 Å². The molecule has 7 aromatic rings. The SMILES string of the molecule is COc1ccccc1CN=Nc1c(S(=O)(=O)O)cc2cc(NC(=O)Nc3ccc4c([O-])c(N=Nc5ccc6cc(S(=O)(=O)[O-])ccc6c5)c(S(=O)(=O)O)cc4c3)ccc2c1[O-].[Na+].[Na+].[Na+]. The number of nitrogens with one attached hydrogen (secondary N) is 2. The van der Waals surface area contributed by atoms with Crippen molar-refractivity contribution in [2.45, 2.75) is 21.2 Å². The van der Waals surface area contributed by atoms with E-state index in [4.69, 9.17) is 4.74 Å². The number of para-hydroxylation sites is 1. The number of nitrogens with zero attached hydrogens (tertiary/aromatic N) is 4. The van der Waals surface area contributed by atoms with Gasteiger partial charge in [-0.15, -0.1) is 5.11 Å². The Morgan fingerprint density at radius 3 is 1.67 bits per heavy atom. The topological polar surface area (TPSA) is 312 Å². The number of amides is 2. The van der Waals surface area contributed by atoms with E-state index in [1.807, 2.05) is 0 Å². The van der Waals surface area contributed by atoms with Crippen molar-refractivity contribution < 1.29 is 147 Å². The van der Waals surface area contributed by atoms with Gasteiger partial charge >= 0.3 is 94.7 Å². The molecule has 0 saturated carbocycles. The van der Waals surface area contributed by atoms with Crippen LogP contribution in [0.25, 0.3) is 32.3 Å². The molecule has 25 heteroatoms. The van der Waals surface area contributed by atoms with Crippen molar-refractivity contribution >= 4 is 97.1 Å². The zero-order valence-electron chi connectivity index (χ0n) is 34.0. The second kappa shape index (κ2) is 21.0. The summed E-state index contributed by atoms with van der Waals surface area (Å²) in [6.07, 6.45) is 0. The molecule has 2 amide bonds. The van der Waals surface area contributed by atoms with Gasteiger partial charge in [0.2, 0.25) is 0 Å². The third-order valence-corrected chi connectivity index (χ3v) is 11.7. The fourth-order valence-corrected chi connectivity index (χ4v) is 8.07. The van der Waals surface area contributed by atoms with Crippen molar-refractivity contribution in [2.24, 2.45) is 20.5 Å². The van der Waals surface area contributed by atoms with Crippen LogP contribution in [0, 0.1) is 0 Å². The molecule has 0 heterocycles. The molecule has 0 radical (unpaired) electrons. The van der Waals surface area contributed by atoms with Gasteiger partial charge in [-0.1, -0.05) is 54.0 Å². The van der Waals surface area contributed by atoms with E-state index in [1.54, 1.807) is 24.3 Å². The molecule has 19 nitrogen and oxygen atoms in total. The number of carbonyl (C=O) groups excluding carboxylic acids is 1. The Bertz CT molecular complexity index is 3380. The molecule has 7 rings (SSSR count). The Morgan fingerprint density at radius 1 is 0.625 bits per heavy atom. The van der Waals surface area contributed by atoms with Crippen molar-refractivity contribution in [2.75, 3.05) is 17.7 Å². The average Bonchev–Trinajstić information content (AvgIpc) is 3.19. The minimum Gasteiger partial charge on any atom is -0.871 e. The first-order valence-electron chi connectivity index (χ1n) is 17.3. The minimum atomic E-state index is -5.07. The molecule has 0 bridgehead atoms.